The summed E-state index contributed by atoms with van der Waals surface area (Å²) in [6.07, 6.45) is 0.682. The van der Waals surface area contributed by atoms with Crippen molar-refractivity contribution in [1.29, 1.82) is 0 Å². The van der Waals surface area contributed by atoms with Gasteiger partial charge in [0.1, 0.15) is 12.2 Å². The molecule has 164 valence electrons. The van der Waals surface area contributed by atoms with E-state index in [1.807, 2.05) is 13.1 Å². The Morgan fingerprint density at radius 3 is 2.54 bits per heavy atom. The predicted octanol–water partition coefficient (Wildman–Crippen LogP) is 5.30. The molecule has 1 heterocycles. The van der Waals surface area contributed by atoms with Crippen molar-refractivity contribution >= 4 is 14.3 Å². The monoisotopic (exact) mass is 420 g/mol. The van der Waals surface area contributed by atoms with Crippen LogP contribution in [0.25, 0.3) is 0 Å². The van der Waals surface area contributed by atoms with Crippen LogP contribution in [0.4, 0.5) is 8.78 Å². The Balaban J connectivity index is 2.01. The molecule has 0 aromatic carbocycles. The van der Waals surface area contributed by atoms with Crippen molar-refractivity contribution in [3.8, 4) is 0 Å². The van der Waals surface area contributed by atoms with Crippen molar-refractivity contribution in [1.82, 2.24) is 0 Å². The third-order valence-electron chi connectivity index (χ3n) is 6.98. The lowest BCUT2D eigenvalue weighted by Gasteiger charge is -2.41. The molecule has 0 aromatic heterocycles. The van der Waals surface area contributed by atoms with Crippen molar-refractivity contribution in [2.24, 2.45) is 11.8 Å². The molecule has 4 nitrogen and oxygen atoms in total. The number of rotatable bonds is 9. The van der Waals surface area contributed by atoms with Gasteiger partial charge in [-0.1, -0.05) is 40.5 Å². The summed E-state index contributed by atoms with van der Waals surface area (Å²) < 4.78 is 41.1. The zero-order chi connectivity index (χ0) is 21.3. The summed E-state index contributed by atoms with van der Waals surface area (Å²) in [4.78, 5) is 11.5. The molecule has 0 bridgehead atoms. The molecule has 1 saturated carbocycles. The highest BCUT2D eigenvalue weighted by atomic mass is 28.4. The lowest BCUT2D eigenvalue weighted by molar-refractivity contribution is -0.141. The van der Waals surface area contributed by atoms with Crippen LogP contribution in [0.3, 0.4) is 0 Å². The van der Waals surface area contributed by atoms with Crippen LogP contribution in [-0.4, -0.2) is 43.6 Å². The zero-order valence-corrected chi connectivity index (χ0v) is 19.3. The van der Waals surface area contributed by atoms with E-state index in [9.17, 15) is 18.7 Å². The van der Waals surface area contributed by atoms with Crippen LogP contribution in [0.2, 0.25) is 18.1 Å². The van der Waals surface area contributed by atoms with Crippen LogP contribution in [-0.2, 0) is 14.0 Å². The topological polar surface area (TPSA) is 55.8 Å². The Labute approximate surface area is 169 Å². The van der Waals surface area contributed by atoms with Crippen molar-refractivity contribution in [2.45, 2.75) is 115 Å². The van der Waals surface area contributed by atoms with E-state index in [1.54, 1.807) is 6.92 Å². The normalized spacial score (nSPS) is 29.7. The molecule has 2 fully saturated rings. The standard InChI is InChI=1S/C21H38F2O4Si/c1-7-11-21(22,23)18(27-28(5,6)20(2,3)4)10-8-9-14-15-12-19(25)26-17(15)13-16(14)24/h14-18,24H,7-13H2,1-6H3/t14-,15-,16-,17+,18?/m1/s1. The Kier molecular flexibility index (Phi) is 7.36. The van der Waals surface area contributed by atoms with Crippen LogP contribution in [0.5, 0.6) is 0 Å². The van der Waals surface area contributed by atoms with Crippen molar-refractivity contribution in [2.75, 3.05) is 0 Å². The predicted molar refractivity (Wildman–Crippen MR) is 108 cm³/mol. The van der Waals surface area contributed by atoms with Gasteiger partial charge in [0.15, 0.2) is 8.32 Å². The number of halogens is 2. The number of esters is 1. The molecule has 1 N–H and O–H groups in total. The maximum absolute atomic E-state index is 14.8. The van der Waals surface area contributed by atoms with Gasteiger partial charge in [-0.25, -0.2) is 8.78 Å². The number of hydrogen-bond donors (Lipinski definition) is 1. The fourth-order valence-electron chi connectivity index (χ4n) is 4.30. The van der Waals surface area contributed by atoms with Gasteiger partial charge in [-0.3, -0.25) is 4.79 Å². The summed E-state index contributed by atoms with van der Waals surface area (Å²) >= 11 is 0. The number of alkyl halides is 2. The van der Waals surface area contributed by atoms with Crippen LogP contribution in [0.15, 0.2) is 0 Å². The number of aliphatic hydroxyl groups excluding tert-OH is 1. The summed E-state index contributed by atoms with van der Waals surface area (Å²) in [5.41, 5.74) is 0. The van der Waals surface area contributed by atoms with E-state index in [-0.39, 0.29) is 41.8 Å². The lowest BCUT2D eigenvalue weighted by Crippen LogP contribution is -2.49. The van der Waals surface area contributed by atoms with E-state index >= 15 is 0 Å². The van der Waals surface area contributed by atoms with Gasteiger partial charge >= 0.3 is 5.97 Å². The molecular weight excluding hydrogens is 382 g/mol. The summed E-state index contributed by atoms with van der Waals surface area (Å²) in [5.74, 6) is -3.09. The number of aliphatic hydroxyl groups is 1. The number of carbonyl (C=O) groups is 1. The van der Waals surface area contributed by atoms with E-state index < -0.39 is 26.4 Å². The molecule has 2 aliphatic rings. The Bertz CT molecular complexity index is 547. The van der Waals surface area contributed by atoms with E-state index in [0.717, 1.165) is 0 Å². The average molecular weight is 421 g/mol. The van der Waals surface area contributed by atoms with Crippen LogP contribution < -0.4 is 0 Å². The smallest absolute Gasteiger partial charge is 0.306 e. The summed E-state index contributed by atoms with van der Waals surface area (Å²) in [7, 11) is -2.33. The number of hydrogen-bond acceptors (Lipinski definition) is 4. The van der Waals surface area contributed by atoms with Gasteiger partial charge < -0.3 is 14.3 Å². The zero-order valence-electron chi connectivity index (χ0n) is 18.3. The second-order valence-corrected chi connectivity index (χ2v) is 14.9. The molecule has 28 heavy (non-hydrogen) atoms. The first-order chi connectivity index (χ1) is 12.8. The minimum atomic E-state index is -2.85. The second kappa shape index (κ2) is 8.68. The van der Waals surface area contributed by atoms with Gasteiger partial charge in [-0.05, 0) is 36.9 Å². The SMILES string of the molecule is CCCC(F)(F)C(CCC[C@@H]1[C@H]2CC(=O)O[C@H]2C[C@H]1O)O[Si](C)(C)C(C)(C)C. The molecular formula is C21H38F2O4Si. The Morgan fingerprint density at radius 1 is 1.32 bits per heavy atom. The van der Waals surface area contributed by atoms with Gasteiger partial charge in [0.2, 0.25) is 0 Å². The van der Waals surface area contributed by atoms with Gasteiger partial charge in [0.05, 0.1) is 12.5 Å². The highest BCUT2D eigenvalue weighted by molar-refractivity contribution is 6.74. The molecule has 1 aliphatic carbocycles. The number of ether oxygens (including phenoxy) is 1. The maximum atomic E-state index is 14.8. The molecule has 1 saturated heterocycles. The molecule has 0 aromatic rings. The quantitative estimate of drug-likeness (QED) is 0.406. The third kappa shape index (κ3) is 5.33. The molecule has 0 amide bonds. The van der Waals surface area contributed by atoms with Crippen molar-refractivity contribution in [3.05, 3.63) is 0 Å². The summed E-state index contributed by atoms with van der Waals surface area (Å²) in [6, 6.07) is 0. The first-order valence-electron chi connectivity index (χ1n) is 10.7. The van der Waals surface area contributed by atoms with Gasteiger partial charge in [0, 0.05) is 18.8 Å². The summed E-state index contributed by atoms with van der Waals surface area (Å²) in [6.45, 7) is 12.0. The fraction of sp³-hybridized carbons (Fsp3) is 0.952. The minimum Gasteiger partial charge on any atom is -0.462 e. The maximum Gasteiger partial charge on any atom is 0.306 e. The van der Waals surface area contributed by atoms with Crippen LogP contribution in [0, 0.1) is 11.8 Å². The van der Waals surface area contributed by atoms with E-state index in [1.165, 1.54) is 0 Å². The molecule has 5 atom stereocenters. The minimum absolute atomic E-state index is 0.0263. The lowest BCUT2D eigenvalue weighted by atomic mass is 9.87. The molecule has 2 rings (SSSR count). The number of fused-ring (bicyclic) bond motifs is 1. The van der Waals surface area contributed by atoms with Gasteiger partial charge in [0.25, 0.3) is 5.92 Å². The van der Waals surface area contributed by atoms with Gasteiger partial charge in [-0.15, -0.1) is 0 Å². The first kappa shape index (κ1) is 23.7. The van der Waals surface area contributed by atoms with Gasteiger partial charge in [-0.2, -0.15) is 0 Å². The van der Waals surface area contributed by atoms with E-state index in [0.29, 0.717) is 32.1 Å². The molecule has 1 aliphatic heterocycles. The third-order valence-corrected chi connectivity index (χ3v) is 11.5. The average Bonchev–Trinajstić information content (AvgIpc) is 3.01. The summed E-state index contributed by atoms with van der Waals surface area (Å²) in [5, 5.41) is 10.2. The Morgan fingerprint density at radius 2 is 1.96 bits per heavy atom. The second-order valence-electron chi connectivity index (χ2n) is 10.2. The van der Waals surface area contributed by atoms with Crippen molar-refractivity contribution in [3.63, 3.8) is 0 Å². The highest BCUT2D eigenvalue weighted by Crippen LogP contribution is 2.45. The van der Waals surface area contributed by atoms with E-state index in [4.69, 9.17) is 9.16 Å². The highest BCUT2D eigenvalue weighted by Gasteiger charge is 2.50. The number of carbonyl (C=O) groups excluding carboxylic acids is 1. The molecule has 0 spiro atoms. The molecule has 7 heteroatoms. The molecule has 0 radical (unpaired) electrons. The van der Waals surface area contributed by atoms with E-state index in [2.05, 4.69) is 20.8 Å². The van der Waals surface area contributed by atoms with Crippen molar-refractivity contribution < 1.29 is 27.8 Å². The van der Waals surface area contributed by atoms with Crippen LogP contribution in [0.1, 0.15) is 72.6 Å². The fourth-order valence-corrected chi connectivity index (χ4v) is 5.66. The van der Waals surface area contributed by atoms with Crippen LogP contribution >= 0.6 is 0 Å². The first-order valence-corrected chi connectivity index (χ1v) is 13.6. The largest absolute Gasteiger partial charge is 0.462 e. The Hall–Kier alpha value is -0.533. The molecule has 1 unspecified atom stereocenters.